The monoisotopic (exact) mass is 386 g/mol. The van der Waals surface area contributed by atoms with E-state index >= 15 is 0 Å². The van der Waals surface area contributed by atoms with Crippen molar-refractivity contribution in [2.24, 2.45) is 5.73 Å². The maximum absolute atomic E-state index is 12.7. The van der Waals surface area contributed by atoms with E-state index in [9.17, 15) is 13.2 Å². The molecule has 0 unspecified atom stereocenters. The van der Waals surface area contributed by atoms with Crippen molar-refractivity contribution in [1.82, 2.24) is 4.98 Å². The Morgan fingerprint density at radius 2 is 1.78 bits per heavy atom. The summed E-state index contributed by atoms with van der Waals surface area (Å²) in [6, 6.07) is 5.58. The molecule has 2 nitrogen and oxygen atoms in total. The van der Waals surface area contributed by atoms with E-state index < -0.39 is 11.7 Å². The zero-order chi connectivity index (χ0) is 15.3. The molecule has 0 fully saturated rings. The van der Waals surface area contributed by atoms with Crippen LogP contribution in [0, 0.1) is 0 Å². The Hall–Kier alpha value is -0.690. The standard InChI is InChI=1S/C15H17F3N2S.2ClH/c16-15(17,18)11-4-5-12-13(10-11)20-8-6-14(12)21-9-3-1-2-7-19;;/h4-6,8,10H,1-3,7,9,19H2;2*1H. The number of aromatic nitrogens is 1. The van der Waals surface area contributed by atoms with Gasteiger partial charge in [0.1, 0.15) is 0 Å². The number of halogens is 5. The third-order valence-corrected chi connectivity index (χ3v) is 4.30. The van der Waals surface area contributed by atoms with Gasteiger partial charge >= 0.3 is 6.18 Å². The van der Waals surface area contributed by atoms with Gasteiger partial charge in [-0.2, -0.15) is 13.2 Å². The van der Waals surface area contributed by atoms with Gasteiger partial charge in [0.25, 0.3) is 0 Å². The summed E-state index contributed by atoms with van der Waals surface area (Å²) < 4.78 is 38.1. The van der Waals surface area contributed by atoms with E-state index in [2.05, 4.69) is 4.98 Å². The van der Waals surface area contributed by atoms with Gasteiger partial charge in [-0.15, -0.1) is 36.6 Å². The molecule has 1 aromatic carbocycles. The number of unbranched alkanes of at least 4 members (excludes halogenated alkanes) is 2. The summed E-state index contributed by atoms with van der Waals surface area (Å²) in [5, 5.41) is 0.773. The Kier molecular flexibility index (Phi) is 9.93. The molecule has 2 N–H and O–H groups in total. The summed E-state index contributed by atoms with van der Waals surface area (Å²) in [6.07, 6.45) is 0.357. The molecule has 0 saturated heterocycles. The first kappa shape index (κ1) is 22.3. The first-order valence-corrected chi connectivity index (χ1v) is 7.80. The summed E-state index contributed by atoms with van der Waals surface area (Å²) in [5.41, 5.74) is 5.16. The largest absolute Gasteiger partial charge is 0.416 e. The number of pyridine rings is 1. The van der Waals surface area contributed by atoms with Gasteiger partial charge in [-0.1, -0.05) is 12.5 Å². The predicted molar refractivity (Wildman–Crippen MR) is 94.9 cm³/mol. The van der Waals surface area contributed by atoms with Crippen molar-refractivity contribution in [2.75, 3.05) is 12.3 Å². The molecule has 0 amide bonds. The molecule has 130 valence electrons. The van der Waals surface area contributed by atoms with Gasteiger partial charge in [0, 0.05) is 16.5 Å². The lowest BCUT2D eigenvalue weighted by molar-refractivity contribution is -0.137. The fourth-order valence-corrected chi connectivity index (χ4v) is 3.08. The summed E-state index contributed by atoms with van der Waals surface area (Å²) in [5.74, 6) is 0.931. The highest BCUT2D eigenvalue weighted by Gasteiger charge is 2.30. The number of benzene rings is 1. The van der Waals surface area contributed by atoms with E-state index in [-0.39, 0.29) is 24.8 Å². The molecule has 8 heteroatoms. The van der Waals surface area contributed by atoms with Crippen LogP contribution in [0.15, 0.2) is 35.4 Å². The highest BCUT2D eigenvalue weighted by molar-refractivity contribution is 7.99. The Morgan fingerprint density at radius 1 is 1.04 bits per heavy atom. The molecular formula is C15H19Cl2F3N2S. The number of nitrogens with zero attached hydrogens (tertiary/aromatic N) is 1. The van der Waals surface area contributed by atoms with Crippen molar-refractivity contribution in [1.29, 1.82) is 0 Å². The average Bonchev–Trinajstić information content (AvgIpc) is 2.45. The lowest BCUT2D eigenvalue weighted by atomic mass is 10.1. The minimum Gasteiger partial charge on any atom is -0.330 e. The van der Waals surface area contributed by atoms with E-state index in [1.807, 2.05) is 6.07 Å². The van der Waals surface area contributed by atoms with Crippen molar-refractivity contribution >= 4 is 47.5 Å². The van der Waals surface area contributed by atoms with Crippen LogP contribution in [0.5, 0.6) is 0 Å². The minimum absolute atomic E-state index is 0. The lowest BCUT2D eigenvalue weighted by Crippen LogP contribution is -2.04. The summed E-state index contributed by atoms with van der Waals surface area (Å²) >= 11 is 1.65. The summed E-state index contributed by atoms with van der Waals surface area (Å²) in [4.78, 5) is 5.02. The smallest absolute Gasteiger partial charge is 0.330 e. The number of hydrogen-bond donors (Lipinski definition) is 1. The van der Waals surface area contributed by atoms with E-state index in [1.165, 1.54) is 6.07 Å². The molecule has 1 aromatic heterocycles. The molecule has 0 saturated carbocycles. The second kappa shape index (κ2) is 10.2. The molecule has 0 radical (unpaired) electrons. The van der Waals surface area contributed by atoms with E-state index in [1.54, 1.807) is 18.0 Å². The molecule has 0 aliphatic rings. The molecular weight excluding hydrogens is 368 g/mol. The molecule has 1 heterocycles. The molecule has 0 spiro atoms. The normalized spacial score (nSPS) is 11.0. The van der Waals surface area contributed by atoms with Crippen molar-refractivity contribution in [2.45, 2.75) is 30.3 Å². The molecule has 0 atom stereocenters. The van der Waals surface area contributed by atoms with Crippen LogP contribution >= 0.6 is 36.6 Å². The Bertz CT molecular complexity index is 609. The van der Waals surface area contributed by atoms with Crippen molar-refractivity contribution in [3.63, 3.8) is 0 Å². The number of nitrogens with two attached hydrogens (primary N) is 1. The third kappa shape index (κ3) is 6.37. The van der Waals surface area contributed by atoms with Crippen LogP contribution in [-0.4, -0.2) is 17.3 Å². The minimum atomic E-state index is -4.33. The first-order valence-electron chi connectivity index (χ1n) is 6.81. The third-order valence-electron chi connectivity index (χ3n) is 3.14. The van der Waals surface area contributed by atoms with E-state index in [4.69, 9.17) is 5.73 Å². The summed E-state index contributed by atoms with van der Waals surface area (Å²) in [7, 11) is 0. The highest BCUT2D eigenvalue weighted by Crippen LogP contribution is 2.33. The van der Waals surface area contributed by atoms with Crippen molar-refractivity contribution < 1.29 is 13.2 Å². The van der Waals surface area contributed by atoms with Gasteiger partial charge in [-0.05, 0) is 43.3 Å². The first-order chi connectivity index (χ1) is 10.0. The predicted octanol–water partition coefficient (Wildman–Crippen LogP) is 5.32. The fourth-order valence-electron chi connectivity index (χ4n) is 2.03. The molecule has 0 bridgehead atoms. The maximum atomic E-state index is 12.7. The molecule has 2 rings (SSSR count). The van der Waals surface area contributed by atoms with E-state index in [0.29, 0.717) is 12.1 Å². The number of thioether (sulfide) groups is 1. The lowest BCUT2D eigenvalue weighted by Gasteiger charge is -2.09. The van der Waals surface area contributed by atoms with Crippen LogP contribution in [0.25, 0.3) is 10.9 Å². The molecule has 23 heavy (non-hydrogen) atoms. The van der Waals surface area contributed by atoms with Crippen LogP contribution in [0.1, 0.15) is 24.8 Å². The van der Waals surface area contributed by atoms with Crippen LogP contribution in [-0.2, 0) is 6.18 Å². The number of alkyl halides is 3. The highest BCUT2D eigenvalue weighted by atomic mass is 35.5. The average molecular weight is 387 g/mol. The van der Waals surface area contributed by atoms with Gasteiger partial charge in [0.2, 0.25) is 0 Å². The van der Waals surface area contributed by atoms with Gasteiger partial charge in [-0.3, -0.25) is 4.98 Å². The van der Waals surface area contributed by atoms with Crippen LogP contribution in [0.2, 0.25) is 0 Å². The summed E-state index contributed by atoms with van der Waals surface area (Å²) in [6.45, 7) is 0.697. The zero-order valence-electron chi connectivity index (χ0n) is 12.3. The zero-order valence-corrected chi connectivity index (χ0v) is 14.8. The van der Waals surface area contributed by atoms with Crippen molar-refractivity contribution in [3.8, 4) is 0 Å². The van der Waals surface area contributed by atoms with Gasteiger partial charge in [-0.25, -0.2) is 0 Å². The molecule has 0 aliphatic heterocycles. The van der Waals surface area contributed by atoms with Crippen LogP contribution in [0.3, 0.4) is 0 Å². The number of rotatable bonds is 6. The quantitative estimate of drug-likeness (QED) is 0.539. The van der Waals surface area contributed by atoms with Crippen LogP contribution in [0.4, 0.5) is 13.2 Å². The Labute approximate surface area is 150 Å². The second-order valence-electron chi connectivity index (χ2n) is 4.74. The van der Waals surface area contributed by atoms with Crippen molar-refractivity contribution in [3.05, 3.63) is 36.0 Å². The number of hydrogen-bond acceptors (Lipinski definition) is 3. The fraction of sp³-hybridized carbons (Fsp3) is 0.400. The Balaban J connectivity index is 0.00000242. The second-order valence-corrected chi connectivity index (χ2v) is 5.87. The van der Waals surface area contributed by atoms with Gasteiger partial charge in [0.15, 0.2) is 0 Å². The molecule has 0 aliphatic carbocycles. The topological polar surface area (TPSA) is 38.9 Å². The van der Waals surface area contributed by atoms with Crippen LogP contribution < -0.4 is 5.73 Å². The maximum Gasteiger partial charge on any atom is 0.416 e. The van der Waals surface area contributed by atoms with E-state index in [0.717, 1.165) is 47.4 Å². The number of fused-ring (bicyclic) bond motifs is 1. The Morgan fingerprint density at radius 3 is 2.43 bits per heavy atom. The molecule has 2 aromatic rings. The van der Waals surface area contributed by atoms with Gasteiger partial charge in [0.05, 0.1) is 11.1 Å². The van der Waals surface area contributed by atoms with Gasteiger partial charge < -0.3 is 5.73 Å². The SMILES string of the molecule is Cl.Cl.NCCCCCSc1ccnc2cc(C(F)(F)F)ccc12.